The Morgan fingerprint density at radius 3 is 2.56 bits per heavy atom. The quantitative estimate of drug-likeness (QED) is 0.377. The molecule has 1 aromatic rings. The molecule has 0 amide bonds. The Bertz CT molecular complexity index is 419. The molecule has 0 heterocycles. The molecule has 0 aliphatic heterocycles. The molecule has 5 nitrogen and oxygen atoms in total. The number of carbonyl (C=O) groups is 2. The van der Waals surface area contributed by atoms with E-state index >= 15 is 0 Å². The Balaban J connectivity index is 3.01. The Morgan fingerprint density at radius 2 is 2.00 bits per heavy atom. The Labute approximate surface area is 106 Å². The first-order valence-corrected chi connectivity index (χ1v) is 5.95. The standard InChI is InChI=1S/C10H10INO4/c11-4-5-16-10(15)7-3-1-2-6(8(7)12)9(13)14/h1-3H,4-5,12H2,(H,13,14). The maximum atomic E-state index is 11.5. The van der Waals surface area contributed by atoms with Crippen LogP contribution in [0.1, 0.15) is 20.7 Å². The number of rotatable bonds is 4. The lowest BCUT2D eigenvalue weighted by molar-refractivity contribution is 0.0534. The van der Waals surface area contributed by atoms with Crippen molar-refractivity contribution >= 4 is 40.2 Å². The smallest absolute Gasteiger partial charge is 0.340 e. The number of aromatic carboxylic acids is 1. The molecule has 0 saturated carbocycles. The van der Waals surface area contributed by atoms with Gasteiger partial charge in [-0.25, -0.2) is 9.59 Å². The molecule has 3 N–H and O–H groups in total. The van der Waals surface area contributed by atoms with Crippen LogP contribution < -0.4 is 5.73 Å². The number of carbonyl (C=O) groups excluding carboxylic acids is 1. The van der Waals surface area contributed by atoms with Gasteiger partial charge in [-0.1, -0.05) is 28.7 Å². The molecular formula is C10H10INO4. The Morgan fingerprint density at radius 1 is 1.38 bits per heavy atom. The first-order valence-electron chi connectivity index (χ1n) is 4.42. The van der Waals surface area contributed by atoms with Crippen molar-refractivity contribution < 1.29 is 19.4 Å². The van der Waals surface area contributed by atoms with Gasteiger partial charge >= 0.3 is 11.9 Å². The van der Waals surface area contributed by atoms with E-state index in [0.29, 0.717) is 4.43 Å². The topological polar surface area (TPSA) is 89.6 Å². The zero-order chi connectivity index (χ0) is 12.1. The van der Waals surface area contributed by atoms with Gasteiger partial charge in [0, 0.05) is 4.43 Å². The molecule has 86 valence electrons. The highest BCUT2D eigenvalue weighted by Crippen LogP contribution is 2.18. The fraction of sp³-hybridized carbons (Fsp3) is 0.200. The zero-order valence-corrected chi connectivity index (χ0v) is 10.4. The minimum absolute atomic E-state index is 0.0616. The first kappa shape index (κ1) is 12.8. The van der Waals surface area contributed by atoms with Gasteiger partial charge in [-0.2, -0.15) is 0 Å². The lowest BCUT2D eigenvalue weighted by Crippen LogP contribution is -2.12. The number of carboxylic acid groups (broad SMARTS) is 1. The van der Waals surface area contributed by atoms with Crippen molar-refractivity contribution in [2.24, 2.45) is 0 Å². The summed E-state index contributed by atoms with van der Waals surface area (Å²) in [6, 6.07) is 4.24. The summed E-state index contributed by atoms with van der Waals surface area (Å²) in [6.45, 7) is 0.274. The molecule has 0 fully saturated rings. The average molecular weight is 335 g/mol. The second kappa shape index (κ2) is 5.69. The van der Waals surface area contributed by atoms with E-state index in [0.717, 1.165) is 0 Å². The van der Waals surface area contributed by atoms with Gasteiger partial charge in [-0.15, -0.1) is 0 Å². The number of benzene rings is 1. The van der Waals surface area contributed by atoms with Crippen LogP contribution in [0.5, 0.6) is 0 Å². The molecule has 1 rings (SSSR count). The van der Waals surface area contributed by atoms with E-state index in [1.165, 1.54) is 18.2 Å². The summed E-state index contributed by atoms with van der Waals surface area (Å²) in [6.07, 6.45) is 0. The van der Waals surface area contributed by atoms with Crippen molar-refractivity contribution in [3.63, 3.8) is 0 Å². The van der Waals surface area contributed by atoms with Crippen LogP contribution in [-0.2, 0) is 4.74 Å². The SMILES string of the molecule is Nc1c(C(=O)O)cccc1C(=O)OCCI. The fourth-order valence-electron chi connectivity index (χ4n) is 1.14. The number of anilines is 1. The Hall–Kier alpha value is -1.31. The van der Waals surface area contributed by atoms with Crippen molar-refractivity contribution in [1.82, 2.24) is 0 Å². The lowest BCUT2D eigenvalue weighted by Gasteiger charge is -2.07. The molecule has 0 bridgehead atoms. The molecule has 0 aliphatic rings. The number of esters is 1. The number of nitrogen functional groups attached to an aromatic ring is 1. The van der Waals surface area contributed by atoms with Gasteiger partial charge < -0.3 is 15.6 Å². The molecule has 0 spiro atoms. The minimum atomic E-state index is -1.17. The number of ether oxygens (including phenoxy) is 1. The van der Waals surface area contributed by atoms with E-state index in [1.54, 1.807) is 0 Å². The highest BCUT2D eigenvalue weighted by atomic mass is 127. The summed E-state index contributed by atoms with van der Waals surface area (Å²) in [5.74, 6) is -1.77. The van der Waals surface area contributed by atoms with Crippen molar-refractivity contribution in [2.45, 2.75) is 0 Å². The van der Waals surface area contributed by atoms with E-state index in [-0.39, 0.29) is 23.4 Å². The molecule has 0 aliphatic carbocycles. The van der Waals surface area contributed by atoms with Crippen LogP contribution in [0.25, 0.3) is 0 Å². The molecule has 0 atom stereocenters. The van der Waals surface area contributed by atoms with Gasteiger partial charge in [0.15, 0.2) is 0 Å². The minimum Gasteiger partial charge on any atom is -0.478 e. The van der Waals surface area contributed by atoms with Crippen LogP contribution in [0, 0.1) is 0 Å². The summed E-state index contributed by atoms with van der Waals surface area (Å²) >= 11 is 2.06. The third-order valence-electron chi connectivity index (χ3n) is 1.87. The van der Waals surface area contributed by atoms with Gasteiger partial charge in [-0.05, 0) is 12.1 Å². The van der Waals surface area contributed by atoms with Crippen molar-refractivity contribution in [1.29, 1.82) is 0 Å². The number of alkyl halides is 1. The van der Waals surface area contributed by atoms with Crippen LogP contribution in [0.15, 0.2) is 18.2 Å². The molecular weight excluding hydrogens is 325 g/mol. The summed E-state index contributed by atoms with van der Waals surface area (Å²) < 4.78 is 5.54. The molecule has 0 unspecified atom stereocenters. The normalized spacial score (nSPS) is 9.81. The predicted molar refractivity (Wildman–Crippen MR) is 67.0 cm³/mol. The number of hydrogen-bond donors (Lipinski definition) is 2. The number of halogens is 1. The largest absolute Gasteiger partial charge is 0.478 e. The molecule has 1 aromatic carbocycles. The van der Waals surface area contributed by atoms with Crippen LogP contribution in [0.3, 0.4) is 0 Å². The molecule has 16 heavy (non-hydrogen) atoms. The maximum absolute atomic E-state index is 11.5. The second-order valence-corrected chi connectivity index (χ2v) is 3.98. The highest BCUT2D eigenvalue weighted by Gasteiger charge is 2.16. The van der Waals surface area contributed by atoms with Crippen molar-refractivity contribution in [2.75, 3.05) is 16.8 Å². The van der Waals surface area contributed by atoms with Crippen LogP contribution in [0.4, 0.5) is 5.69 Å². The maximum Gasteiger partial charge on any atom is 0.340 e. The third kappa shape index (κ3) is 2.84. The van der Waals surface area contributed by atoms with E-state index < -0.39 is 11.9 Å². The first-order chi connectivity index (χ1) is 7.57. The lowest BCUT2D eigenvalue weighted by atomic mass is 10.1. The van der Waals surface area contributed by atoms with Crippen LogP contribution in [0.2, 0.25) is 0 Å². The molecule has 0 radical (unpaired) electrons. The van der Waals surface area contributed by atoms with Crippen LogP contribution in [-0.4, -0.2) is 28.1 Å². The summed E-state index contributed by atoms with van der Waals surface area (Å²) in [4.78, 5) is 22.3. The zero-order valence-electron chi connectivity index (χ0n) is 8.27. The number of para-hydroxylation sites is 1. The number of nitrogens with two attached hydrogens (primary N) is 1. The highest BCUT2D eigenvalue weighted by molar-refractivity contribution is 14.1. The Kier molecular flexibility index (Phi) is 4.53. The van der Waals surface area contributed by atoms with Gasteiger partial charge in [0.25, 0.3) is 0 Å². The monoisotopic (exact) mass is 335 g/mol. The van der Waals surface area contributed by atoms with E-state index in [4.69, 9.17) is 15.6 Å². The second-order valence-electron chi connectivity index (χ2n) is 2.90. The van der Waals surface area contributed by atoms with Gasteiger partial charge in [0.2, 0.25) is 0 Å². The van der Waals surface area contributed by atoms with Crippen molar-refractivity contribution in [3.05, 3.63) is 29.3 Å². The predicted octanol–water partition coefficient (Wildman–Crippen LogP) is 1.56. The molecule has 6 heteroatoms. The number of hydrogen-bond acceptors (Lipinski definition) is 4. The third-order valence-corrected chi connectivity index (χ3v) is 2.31. The van der Waals surface area contributed by atoms with E-state index in [9.17, 15) is 9.59 Å². The van der Waals surface area contributed by atoms with Gasteiger partial charge in [0.05, 0.1) is 16.8 Å². The van der Waals surface area contributed by atoms with Crippen molar-refractivity contribution in [3.8, 4) is 0 Å². The van der Waals surface area contributed by atoms with E-state index in [1.807, 2.05) is 0 Å². The van der Waals surface area contributed by atoms with E-state index in [2.05, 4.69) is 22.6 Å². The molecule has 0 saturated heterocycles. The number of carboxylic acids is 1. The fourth-order valence-corrected chi connectivity index (χ4v) is 1.36. The average Bonchev–Trinajstić information content (AvgIpc) is 2.25. The van der Waals surface area contributed by atoms with Gasteiger partial charge in [-0.3, -0.25) is 0 Å². The van der Waals surface area contributed by atoms with Gasteiger partial charge in [0.1, 0.15) is 6.61 Å². The summed E-state index contributed by atoms with van der Waals surface area (Å²) in [5.41, 5.74) is 5.51. The molecule has 0 aromatic heterocycles. The van der Waals surface area contributed by atoms with Crippen LogP contribution >= 0.6 is 22.6 Å². The summed E-state index contributed by atoms with van der Waals surface area (Å²) in [7, 11) is 0. The summed E-state index contributed by atoms with van der Waals surface area (Å²) in [5, 5.41) is 8.81.